The van der Waals surface area contributed by atoms with E-state index in [1.807, 2.05) is 72.9 Å². The van der Waals surface area contributed by atoms with Gasteiger partial charge < -0.3 is 14.2 Å². The van der Waals surface area contributed by atoms with E-state index in [0.717, 1.165) is 116 Å². The maximum atomic E-state index is 12.9. The lowest BCUT2D eigenvalue weighted by molar-refractivity contribution is -0.167. The zero-order valence-corrected chi connectivity index (χ0v) is 46.1. The summed E-state index contributed by atoms with van der Waals surface area (Å²) in [5, 5.41) is 0. The molecule has 0 N–H and O–H groups in total. The van der Waals surface area contributed by atoms with Gasteiger partial charge in [-0.3, -0.25) is 14.4 Å². The van der Waals surface area contributed by atoms with Crippen LogP contribution in [-0.4, -0.2) is 37.2 Å². The Hall–Kier alpha value is -5.49. The van der Waals surface area contributed by atoms with Crippen LogP contribution in [-0.2, 0) is 28.6 Å². The van der Waals surface area contributed by atoms with Crippen molar-refractivity contribution in [3.05, 3.63) is 182 Å². The van der Waals surface area contributed by atoms with Gasteiger partial charge in [-0.25, -0.2) is 0 Å². The van der Waals surface area contributed by atoms with Crippen LogP contribution in [0.15, 0.2) is 182 Å². The average Bonchev–Trinajstić information content (AvgIpc) is 3.39. The first-order chi connectivity index (χ1) is 36.0. The number of carbonyl (C=O) groups is 3. The number of allylic oxidation sites excluding steroid dienone is 30. The largest absolute Gasteiger partial charge is 0.462 e. The first-order valence-electron chi connectivity index (χ1n) is 28.5. The van der Waals surface area contributed by atoms with Crippen molar-refractivity contribution in [1.29, 1.82) is 0 Å². The fraction of sp³-hybridized carbons (Fsp3) is 0.507. The van der Waals surface area contributed by atoms with Gasteiger partial charge in [0.15, 0.2) is 6.10 Å². The summed E-state index contributed by atoms with van der Waals surface area (Å²) in [5.74, 6) is -1.03. The van der Waals surface area contributed by atoms with Gasteiger partial charge in [0.25, 0.3) is 0 Å². The van der Waals surface area contributed by atoms with Crippen LogP contribution in [0.2, 0.25) is 0 Å². The lowest BCUT2D eigenvalue weighted by Gasteiger charge is -2.18. The minimum absolute atomic E-state index is 0.126. The summed E-state index contributed by atoms with van der Waals surface area (Å²) in [4.78, 5) is 38.2. The normalized spacial score (nSPS) is 13.5. The Balaban J connectivity index is 4.65. The third-order valence-corrected chi connectivity index (χ3v) is 11.2. The molecule has 0 fully saturated rings. The standard InChI is InChI=1S/C67H100O6/c1-4-7-10-13-16-19-22-25-28-31-34-37-39-42-45-48-51-54-57-60-66(69)72-63-64(73-67(70)61-58-55-52-49-46-43-40-36-33-30-27-24-21-18-15-12-9-6-3)62-71-65(68)59-56-53-50-47-44-41-38-35-32-29-26-23-20-17-14-11-8-5-2/h7,10,13,16-40,42,45,64H,4-6,8-9,11-12,14-15,41,43-44,46-63H2,1-3H3/b10-7-,16-13-,20-17-,21-18-,22-19-,26-23-,27-24-,28-25-,32-29-,33-30-,34-31+,38-35-,39-37-,40-36-,45-42-. The highest BCUT2D eigenvalue weighted by Crippen LogP contribution is 2.12. The molecule has 1 atom stereocenters. The van der Waals surface area contributed by atoms with Gasteiger partial charge in [-0.05, 0) is 89.9 Å². The number of carbonyl (C=O) groups excluding carboxylic acids is 3. The van der Waals surface area contributed by atoms with Crippen LogP contribution in [0.3, 0.4) is 0 Å². The molecule has 0 aromatic heterocycles. The van der Waals surface area contributed by atoms with Gasteiger partial charge in [0, 0.05) is 19.3 Å². The fourth-order valence-corrected chi connectivity index (χ4v) is 6.98. The molecule has 0 saturated heterocycles. The average molecular weight is 1000 g/mol. The van der Waals surface area contributed by atoms with Gasteiger partial charge in [0.2, 0.25) is 0 Å². The summed E-state index contributed by atoms with van der Waals surface area (Å²) in [7, 11) is 0. The van der Waals surface area contributed by atoms with E-state index in [1.54, 1.807) is 0 Å². The van der Waals surface area contributed by atoms with E-state index in [9.17, 15) is 14.4 Å². The Morgan fingerprint density at radius 2 is 0.534 bits per heavy atom. The summed E-state index contributed by atoms with van der Waals surface area (Å²) in [6, 6.07) is 0. The van der Waals surface area contributed by atoms with E-state index >= 15 is 0 Å². The number of rotatable bonds is 48. The molecule has 0 rings (SSSR count). The molecule has 1 unspecified atom stereocenters. The Morgan fingerprint density at radius 3 is 0.849 bits per heavy atom. The van der Waals surface area contributed by atoms with E-state index < -0.39 is 6.10 Å². The Morgan fingerprint density at radius 1 is 0.288 bits per heavy atom. The second-order valence-electron chi connectivity index (χ2n) is 18.1. The summed E-state index contributed by atoms with van der Waals surface area (Å²) >= 11 is 0. The summed E-state index contributed by atoms with van der Waals surface area (Å²) in [6.07, 6.45) is 88.6. The van der Waals surface area contributed by atoms with Crippen LogP contribution in [0.1, 0.15) is 201 Å². The highest BCUT2D eigenvalue weighted by atomic mass is 16.6. The molecular weight excluding hydrogens is 901 g/mol. The van der Waals surface area contributed by atoms with Crippen LogP contribution >= 0.6 is 0 Å². The van der Waals surface area contributed by atoms with Crippen molar-refractivity contribution in [3.63, 3.8) is 0 Å². The molecule has 6 heteroatoms. The van der Waals surface area contributed by atoms with Crippen molar-refractivity contribution in [2.24, 2.45) is 0 Å². The van der Waals surface area contributed by atoms with Crippen LogP contribution in [0.5, 0.6) is 0 Å². The highest BCUT2D eigenvalue weighted by Gasteiger charge is 2.19. The maximum Gasteiger partial charge on any atom is 0.306 e. The Labute approximate surface area is 446 Å². The topological polar surface area (TPSA) is 78.9 Å². The van der Waals surface area contributed by atoms with Crippen molar-refractivity contribution in [1.82, 2.24) is 0 Å². The molecule has 0 aromatic rings. The second-order valence-corrected chi connectivity index (χ2v) is 18.1. The number of esters is 3. The predicted octanol–water partition coefficient (Wildman–Crippen LogP) is 19.3. The van der Waals surface area contributed by atoms with Crippen LogP contribution in [0.4, 0.5) is 0 Å². The third-order valence-electron chi connectivity index (χ3n) is 11.2. The Bertz CT molecular complexity index is 1770. The number of unbranched alkanes of at least 4 members (excludes halogenated alkanes) is 19. The van der Waals surface area contributed by atoms with Crippen molar-refractivity contribution in [2.75, 3.05) is 13.2 Å². The number of ether oxygens (including phenoxy) is 3. The lowest BCUT2D eigenvalue weighted by Crippen LogP contribution is -2.30. The van der Waals surface area contributed by atoms with Gasteiger partial charge in [0.1, 0.15) is 13.2 Å². The molecule has 73 heavy (non-hydrogen) atoms. The van der Waals surface area contributed by atoms with E-state index in [1.165, 1.54) is 38.5 Å². The predicted molar refractivity (Wildman–Crippen MR) is 315 cm³/mol. The molecule has 0 aliphatic carbocycles. The van der Waals surface area contributed by atoms with Crippen molar-refractivity contribution in [2.45, 2.75) is 207 Å². The van der Waals surface area contributed by atoms with E-state index in [4.69, 9.17) is 14.2 Å². The van der Waals surface area contributed by atoms with E-state index in [-0.39, 0.29) is 44.0 Å². The minimum atomic E-state index is -0.832. The van der Waals surface area contributed by atoms with E-state index in [0.29, 0.717) is 12.8 Å². The van der Waals surface area contributed by atoms with Gasteiger partial charge >= 0.3 is 17.9 Å². The number of hydrogen-bond donors (Lipinski definition) is 0. The summed E-state index contributed by atoms with van der Waals surface area (Å²) in [6.45, 7) is 6.31. The molecule has 0 amide bonds. The molecular formula is C67H100O6. The van der Waals surface area contributed by atoms with Crippen molar-refractivity contribution >= 4 is 17.9 Å². The maximum absolute atomic E-state index is 12.9. The lowest BCUT2D eigenvalue weighted by atomic mass is 10.1. The molecule has 0 aliphatic rings. The van der Waals surface area contributed by atoms with Crippen molar-refractivity contribution < 1.29 is 28.6 Å². The summed E-state index contributed by atoms with van der Waals surface area (Å²) in [5.41, 5.74) is 0. The van der Waals surface area contributed by atoms with E-state index in [2.05, 4.69) is 130 Å². The smallest absolute Gasteiger partial charge is 0.306 e. The molecule has 0 aliphatic heterocycles. The SMILES string of the molecule is CC\C=C/C=C\C=C/C=C\C=C\C=C/C=C\CCCCCC(=O)OCC(COC(=O)CCCCCCC\C=C/C=C\C=C/C=C\CCCCC)OC(=O)CCCCCCC\C=C/C=C\C=C/C=C\CCCCC. The van der Waals surface area contributed by atoms with Gasteiger partial charge in [-0.15, -0.1) is 0 Å². The van der Waals surface area contributed by atoms with Gasteiger partial charge in [0.05, 0.1) is 0 Å². The molecule has 0 bridgehead atoms. The molecule has 0 radical (unpaired) electrons. The Kier molecular flexibility index (Phi) is 54.6. The zero-order valence-electron chi connectivity index (χ0n) is 46.1. The van der Waals surface area contributed by atoms with Gasteiger partial charge in [-0.2, -0.15) is 0 Å². The zero-order chi connectivity index (χ0) is 52.9. The third kappa shape index (κ3) is 57.3. The number of hydrogen-bond acceptors (Lipinski definition) is 6. The molecule has 404 valence electrons. The highest BCUT2D eigenvalue weighted by molar-refractivity contribution is 5.71. The first-order valence-corrected chi connectivity index (χ1v) is 28.5. The van der Waals surface area contributed by atoms with Crippen LogP contribution in [0.25, 0.3) is 0 Å². The molecule has 0 aromatic carbocycles. The molecule has 0 heterocycles. The molecule has 0 saturated carbocycles. The second kappa shape index (κ2) is 59.1. The first kappa shape index (κ1) is 67.5. The van der Waals surface area contributed by atoms with Crippen molar-refractivity contribution in [3.8, 4) is 0 Å². The quantitative estimate of drug-likeness (QED) is 0.0262. The molecule has 6 nitrogen and oxygen atoms in total. The minimum Gasteiger partial charge on any atom is -0.462 e. The fourth-order valence-electron chi connectivity index (χ4n) is 6.98. The summed E-state index contributed by atoms with van der Waals surface area (Å²) < 4.78 is 16.8. The van der Waals surface area contributed by atoms with Crippen LogP contribution < -0.4 is 0 Å². The van der Waals surface area contributed by atoms with Crippen LogP contribution in [0, 0.1) is 0 Å². The van der Waals surface area contributed by atoms with Gasteiger partial charge in [-0.1, -0.05) is 274 Å². The monoisotopic (exact) mass is 1000 g/mol. The molecule has 0 spiro atoms.